The number of halogens is 1. The number of nitrogens with zero attached hydrogens (tertiary/aromatic N) is 5. The lowest BCUT2D eigenvalue weighted by atomic mass is 10.1. The number of pyridine rings is 1. The van der Waals surface area contributed by atoms with Gasteiger partial charge in [0, 0.05) is 43.1 Å². The number of benzene rings is 1. The lowest BCUT2D eigenvalue weighted by molar-refractivity contribution is -0.117. The minimum Gasteiger partial charge on any atom is -0.467 e. The number of aryl methyl sites for hydroxylation is 1. The van der Waals surface area contributed by atoms with Crippen molar-refractivity contribution in [3.8, 4) is 6.07 Å². The highest BCUT2D eigenvalue weighted by Crippen LogP contribution is 2.25. The number of nitriles is 1. The Bertz CT molecular complexity index is 1610. The van der Waals surface area contributed by atoms with Crippen LogP contribution in [0.4, 0.5) is 11.5 Å². The van der Waals surface area contributed by atoms with Crippen LogP contribution in [0.15, 0.2) is 75.8 Å². The van der Waals surface area contributed by atoms with Crippen molar-refractivity contribution in [1.29, 1.82) is 5.26 Å². The van der Waals surface area contributed by atoms with E-state index in [9.17, 15) is 14.9 Å². The molecule has 0 atom stereocenters. The van der Waals surface area contributed by atoms with E-state index < -0.39 is 5.91 Å². The van der Waals surface area contributed by atoms with Gasteiger partial charge in [-0.1, -0.05) is 23.7 Å². The number of hydrogen-bond donors (Lipinski definition) is 1. The molecule has 0 bridgehead atoms. The first-order valence-corrected chi connectivity index (χ1v) is 12.5. The van der Waals surface area contributed by atoms with Gasteiger partial charge in [-0.05, 0) is 55.0 Å². The molecule has 38 heavy (non-hydrogen) atoms. The fourth-order valence-corrected chi connectivity index (χ4v) is 4.67. The fourth-order valence-electron chi connectivity index (χ4n) is 4.49. The van der Waals surface area contributed by atoms with E-state index in [0.717, 1.165) is 11.3 Å². The average Bonchev–Trinajstić information content (AvgIpc) is 3.46. The number of amides is 1. The molecule has 10 heteroatoms. The third kappa shape index (κ3) is 5.12. The van der Waals surface area contributed by atoms with Crippen molar-refractivity contribution in [1.82, 2.24) is 14.7 Å². The van der Waals surface area contributed by atoms with E-state index in [4.69, 9.17) is 21.0 Å². The van der Waals surface area contributed by atoms with Crippen LogP contribution in [-0.4, -0.2) is 41.5 Å². The molecule has 3 aromatic heterocycles. The predicted octanol–water partition coefficient (Wildman–Crippen LogP) is 3.80. The van der Waals surface area contributed by atoms with E-state index in [-0.39, 0.29) is 23.2 Å². The van der Waals surface area contributed by atoms with E-state index in [1.54, 1.807) is 24.4 Å². The summed E-state index contributed by atoms with van der Waals surface area (Å²) in [5, 5.41) is 13.1. The van der Waals surface area contributed by atoms with Crippen molar-refractivity contribution in [2.24, 2.45) is 0 Å². The molecule has 5 rings (SSSR count). The van der Waals surface area contributed by atoms with Crippen molar-refractivity contribution in [2.75, 3.05) is 36.0 Å². The molecule has 4 heterocycles. The van der Waals surface area contributed by atoms with Crippen LogP contribution in [0.1, 0.15) is 16.9 Å². The van der Waals surface area contributed by atoms with Crippen molar-refractivity contribution < 1.29 is 9.21 Å². The van der Waals surface area contributed by atoms with Crippen LogP contribution in [0.2, 0.25) is 5.02 Å². The number of carbonyl (C=O) groups is 1. The van der Waals surface area contributed by atoms with Gasteiger partial charge in [-0.2, -0.15) is 5.26 Å². The first-order valence-electron chi connectivity index (χ1n) is 12.1. The average molecular weight is 529 g/mol. The molecular weight excluding hydrogens is 504 g/mol. The number of aromatic nitrogens is 2. The number of anilines is 2. The molecule has 1 saturated heterocycles. The maximum Gasteiger partial charge on any atom is 0.267 e. The summed E-state index contributed by atoms with van der Waals surface area (Å²) in [4.78, 5) is 35.6. The van der Waals surface area contributed by atoms with Gasteiger partial charge in [-0.15, -0.1) is 0 Å². The van der Waals surface area contributed by atoms with Crippen molar-refractivity contribution in [2.45, 2.75) is 13.5 Å². The Balaban J connectivity index is 1.49. The Labute approximate surface area is 224 Å². The standard InChI is InChI=1S/C28H25ClN6O3/c1-19-5-3-9-35-25(19)32-26(34-12-10-33(11-13-34)22-7-2-6-21(29)16-22)24(28(35)37)15-20(17-30)27(36)31-18-23-8-4-14-38-23/h2-9,14-16H,10-13,18H2,1H3,(H,31,36)/b20-15+. The smallest absolute Gasteiger partial charge is 0.267 e. The van der Waals surface area contributed by atoms with Crippen LogP contribution in [-0.2, 0) is 11.3 Å². The molecule has 1 N–H and O–H groups in total. The molecule has 192 valence electrons. The Kier molecular flexibility index (Phi) is 7.15. The molecule has 1 aromatic carbocycles. The van der Waals surface area contributed by atoms with Crippen molar-refractivity contribution >= 4 is 40.7 Å². The third-order valence-electron chi connectivity index (χ3n) is 6.47. The molecule has 0 radical (unpaired) electrons. The molecule has 4 aromatic rings. The van der Waals surface area contributed by atoms with Gasteiger partial charge in [0.25, 0.3) is 11.5 Å². The van der Waals surface area contributed by atoms with Crippen LogP contribution < -0.4 is 20.7 Å². The van der Waals surface area contributed by atoms with Crippen molar-refractivity contribution in [3.63, 3.8) is 0 Å². The number of hydrogen-bond acceptors (Lipinski definition) is 7. The maximum absolute atomic E-state index is 13.7. The molecular formula is C28H25ClN6O3. The van der Waals surface area contributed by atoms with Gasteiger partial charge in [0.05, 0.1) is 18.4 Å². The Morgan fingerprint density at radius 1 is 1.16 bits per heavy atom. The first-order chi connectivity index (χ1) is 18.4. The number of fused-ring (bicyclic) bond motifs is 1. The summed E-state index contributed by atoms with van der Waals surface area (Å²) in [5.41, 5.74) is 2.05. The van der Waals surface area contributed by atoms with Gasteiger partial charge >= 0.3 is 0 Å². The van der Waals surface area contributed by atoms with E-state index in [2.05, 4.69) is 10.2 Å². The number of furan rings is 1. The Hall–Kier alpha value is -4.55. The summed E-state index contributed by atoms with van der Waals surface area (Å²) in [7, 11) is 0. The van der Waals surface area contributed by atoms with Gasteiger partial charge in [0.15, 0.2) is 0 Å². The molecule has 0 aliphatic carbocycles. The van der Waals surface area contributed by atoms with Crippen LogP contribution in [0, 0.1) is 18.3 Å². The van der Waals surface area contributed by atoms with E-state index >= 15 is 0 Å². The van der Waals surface area contributed by atoms with Crippen LogP contribution in [0.3, 0.4) is 0 Å². The zero-order valence-electron chi connectivity index (χ0n) is 20.7. The normalized spacial score (nSPS) is 14.0. The van der Waals surface area contributed by atoms with E-state index in [1.807, 2.05) is 48.2 Å². The zero-order valence-corrected chi connectivity index (χ0v) is 21.5. The van der Waals surface area contributed by atoms with E-state index in [1.165, 1.54) is 16.7 Å². The van der Waals surface area contributed by atoms with Crippen molar-refractivity contribution in [3.05, 3.63) is 98.8 Å². The summed E-state index contributed by atoms with van der Waals surface area (Å²) in [5.74, 6) is 0.396. The first kappa shape index (κ1) is 25.1. The summed E-state index contributed by atoms with van der Waals surface area (Å²) >= 11 is 6.18. The van der Waals surface area contributed by atoms with Crippen LogP contribution >= 0.6 is 11.6 Å². The maximum atomic E-state index is 13.7. The quantitative estimate of drug-likeness (QED) is 0.299. The second-order valence-electron chi connectivity index (χ2n) is 8.92. The summed E-state index contributed by atoms with van der Waals surface area (Å²) < 4.78 is 6.69. The van der Waals surface area contributed by atoms with Gasteiger partial charge in [0.2, 0.25) is 0 Å². The highest BCUT2D eigenvalue weighted by molar-refractivity contribution is 6.30. The lowest BCUT2D eigenvalue weighted by Gasteiger charge is -2.37. The predicted molar refractivity (Wildman–Crippen MR) is 146 cm³/mol. The van der Waals surface area contributed by atoms with Gasteiger partial charge in [0.1, 0.15) is 28.9 Å². The van der Waals surface area contributed by atoms with Gasteiger partial charge in [-0.3, -0.25) is 14.0 Å². The number of nitrogens with one attached hydrogen (secondary N) is 1. The highest BCUT2D eigenvalue weighted by Gasteiger charge is 2.24. The SMILES string of the molecule is Cc1cccn2c(=O)c(/C=C(\C#N)C(=O)NCc3ccco3)c(N3CCN(c4cccc(Cl)c4)CC3)nc12. The molecule has 0 saturated carbocycles. The fraction of sp³-hybridized carbons (Fsp3) is 0.214. The largest absolute Gasteiger partial charge is 0.467 e. The molecule has 0 unspecified atom stereocenters. The van der Waals surface area contributed by atoms with Gasteiger partial charge < -0.3 is 19.5 Å². The minimum absolute atomic E-state index is 0.122. The third-order valence-corrected chi connectivity index (χ3v) is 6.71. The minimum atomic E-state index is -0.602. The summed E-state index contributed by atoms with van der Waals surface area (Å²) in [6.07, 6.45) is 4.48. The monoisotopic (exact) mass is 528 g/mol. The Morgan fingerprint density at radius 3 is 2.66 bits per heavy atom. The summed E-state index contributed by atoms with van der Waals surface area (Å²) in [6.45, 7) is 4.57. The zero-order chi connectivity index (χ0) is 26.6. The lowest BCUT2D eigenvalue weighted by Crippen LogP contribution is -2.47. The van der Waals surface area contributed by atoms with Crippen LogP contribution in [0.5, 0.6) is 0 Å². The number of carbonyl (C=O) groups excluding carboxylic acids is 1. The molecule has 1 amide bonds. The second-order valence-corrected chi connectivity index (χ2v) is 9.36. The molecule has 0 spiro atoms. The summed E-state index contributed by atoms with van der Waals surface area (Å²) in [6, 6.07) is 16.7. The van der Waals surface area contributed by atoms with Gasteiger partial charge in [-0.25, -0.2) is 4.98 Å². The number of piperazine rings is 1. The van der Waals surface area contributed by atoms with E-state index in [0.29, 0.717) is 48.4 Å². The Morgan fingerprint density at radius 2 is 1.95 bits per heavy atom. The highest BCUT2D eigenvalue weighted by atomic mass is 35.5. The number of rotatable bonds is 6. The topological polar surface area (TPSA) is 107 Å². The second kappa shape index (κ2) is 10.8. The molecule has 1 fully saturated rings. The molecule has 1 aliphatic rings. The molecule has 1 aliphatic heterocycles. The van der Waals surface area contributed by atoms with Crippen LogP contribution in [0.25, 0.3) is 11.7 Å². The molecule has 9 nitrogen and oxygen atoms in total.